The van der Waals surface area contributed by atoms with Crippen molar-refractivity contribution < 1.29 is 19.1 Å². The normalized spacial score (nSPS) is 25.0. The number of nitrogens with zero attached hydrogens (tertiary/aromatic N) is 1. The summed E-state index contributed by atoms with van der Waals surface area (Å²) in [6.45, 7) is 1.49. The van der Waals surface area contributed by atoms with Crippen molar-refractivity contribution in [2.24, 2.45) is 0 Å². The second-order valence-electron chi connectivity index (χ2n) is 6.05. The minimum absolute atomic E-state index is 0.0513. The summed E-state index contributed by atoms with van der Waals surface area (Å²) < 4.78 is 5.10. The zero-order chi connectivity index (χ0) is 18.2. The molecule has 2 fully saturated rings. The highest BCUT2D eigenvalue weighted by Crippen LogP contribution is 2.47. The molecule has 25 heavy (non-hydrogen) atoms. The number of ether oxygens (including phenoxy) is 1. The topological polar surface area (TPSA) is 75.7 Å². The predicted octanol–water partition coefficient (Wildman–Crippen LogP) is 2.93. The van der Waals surface area contributed by atoms with Crippen molar-refractivity contribution in [1.82, 2.24) is 4.90 Å². The monoisotopic (exact) mass is 402 g/mol. The molecule has 0 saturated carbocycles. The molecule has 2 amide bonds. The molecule has 0 aromatic heterocycles. The molecule has 1 N–H and O–H groups in total. The fourth-order valence-electron chi connectivity index (χ4n) is 3.01. The first-order valence-electron chi connectivity index (χ1n) is 7.68. The number of benzene rings is 1. The molecular weight excluding hydrogens is 387 g/mol. The molecular formula is C16H16Cl2N2O4S. The van der Waals surface area contributed by atoms with Crippen molar-refractivity contribution in [2.45, 2.75) is 30.7 Å². The Morgan fingerprint density at radius 1 is 1.44 bits per heavy atom. The first-order chi connectivity index (χ1) is 11.8. The summed E-state index contributed by atoms with van der Waals surface area (Å²) in [5.41, 5.74) is 0.342. The molecule has 1 aromatic rings. The van der Waals surface area contributed by atoms with Gasteiger partial charge in [-0.1, -0.05) is 23.2 Å². The van der Waals surface area contributed by atoms with E-state index in [9.17, 15) is 14.4 Å². The van der Waals surface area contributed by atoms with E-state index in [-0.39, 0.29) is 10.8 Å². The Balaban J connectivity index is 1.56. The Morgan fingerprint density at radius 3 is 2.96 bits per heavy atom. The van der Waals surface area contributed by atoms with Crippen molar-refractivity contribution >= 4 is 58.4 Å². The third kappa shape index (κ3) is 3.73. The van der Waals surface area contributed by atoms with E-state index in [2.05, 4.69) is 5.32 Å². The lowest BCUT2D eigenvalue weighted by atomic mass is 10.2. The number of carbonyl (C=O) groups is 3. The summed E-state index contributed by atoms with van der Waals surface area (Å²) >= 11 is 13.4. The summed E-state index contributed by atoms with van der Waals surface area (Å²) in [7, 11) is 0. The molecule has 3 rings (SSSR count). The number of fused-ring (bicyclic) bond motifs is 1. The Labute approximate surface area is 159 Å². The Morgan fingerprint density at radius 2 is 2.20 bits per heavy atom. The van der Waals surface area contributed by atoms with Crippen LogP contribution in [0.3, 0.4) is 0 Å². The maximum Gasteiger partial charge on any atom is 0.330 e. The molecule has 6 nitrogen and oxygen atoms in total. The van der Waals surface area contributed by atoms with Gasteiger partial charge < -0.3 is 15.0 Å². The summed E-state index contributed by atoms with van der Waals surface area (Å²) in [6, 6.07) is 4.01. The van der Waals surface area contributed by atoms with Gasteiger partial charge in [0.05, 0.1) is 15.6 Å². The average Bonchev–Trinajstić information content (AvgIpc) is 3.05. The van der Waals surface area contributed by atoms with Gasteiger partial charge in [-0.15, -0.1) is 11.8 Å². The van der Waals surface area contributed by atoms with Gasteiger partial charge in [0.1, 0.15) is 6.04 Å². The molecule has 134 valence electrons. The number of carbonyl (C=O) groups excluding carboxylic acids is 3. The highest BCUT2D eigenvalue weighted by molar-refractivity contribution is 8.01. The van der Waals surface area contributed by atoms with Gasteiger partial charge in [0.15, 0.2) is 6.61 Å². The zero-order valence-corrected chi connectivity index (χ0v) is 15.7. The predicted molar refractivity (Wildman–Crippen MR) is 96.8 cm³/mol. The van der Waals surface area contributed by atoms with Crippen LogP contribution in [0.25, 0.3) is 0 Å². The lowest BCUT2D eigenvalue weighted by Crippen LogP contribution is -2.47. The maximum atomic E-state index is 12.3. The summed E-state index contributed by atoms with van der Waals surface area (Å²) in [4.78, 5) is 37.5. The number of esters is 1. The van der Waals surface area contributed by atoms with Crippen LogP contribution in [0, 0.1) is 0 Å². The molecule has 2 heterocycles. The van der Waals surface area contributed by atoms with Gasteiger partial charge in [-0.2, -0.15) is 0 Å². The van der Waals surface area contributed by atoms with E-state index in [1.165, 1.54) is 6.07 Å². The number of hydrogen-bond acceptors (Lipinski definition) is 5. The molecule has 0 unspecified atom stereocenters. The lowest BCUT2D eigenvalue weighted by molar-refractivity contribution is -0.155. The largest absolute Gasteiger partial charge is 0.454 e. The third-order valence-electron chi connectivity index (χ3n) is 4.26. The van der Waals surface area contributed by atoms with E-state index in [4.69, 9.17) is 27.9 Å². The van der Waals surface area contributed by atoms with Crippen LogP contribution >= 0.6 is 35.0 Å². The van der Waals surface area contributed by atoms with Crippen LogP contribution in [0.4, 0.5) is 5.69 Å². The first-order valence-corrected chi connectivity index (χ1v) is 9.42. The van der Waals surface area contributed by atoms with Gasteiger partial charge in [-0.05, 0) is 31.5 Å². The van der Waals surface area contributed by atoms with Crippen molar-refractivity contribution in [2.75, 3.05) is 17.7 Å². The molecule has 0 aliphatic carbocycles. The van der Waals surface area contributed by atoms with E-state index in [0.717, 1.165) is 0 Å². The first kappa shape index (κ1) is 18.4. The number of thioether (sulfide) groups is 1. The van der Waals surface area contributed by atoms with Crippen molar-refractivity contribution in [1.29, 1.82) is 0 Å². The van der Waals surface area contributed by atoms with Crippen LogP contribution in [-0.2, 0) is 19.1 Å². The maximum absolute atomic E-state index is 12.3. The third-order valence-corrected chi connectivity index (χ3v) is 6.33. The molecule has 2 aliphatic rings. The van der Waals surface area contributed by atoms with Crippen LogP contribution in [0.5, 0.6) is 0 Å². The van der Waals surface area contributed by atoms with E-state index in [1.807, 2.05) is 6.92 Å². The van der Waals surface area contributed by atoms with Crippen molar-refractivity contribution in [3.63, 3.8) is 0 Å². The van der Waals surface area contributed by atoms with E-state index < -0.39 is 24.5 Å². The smallest absolute Gasteiger partial charge is 0.330 e. The van der Waals surface area contributed by atoms with Crippen LogP contribution < -0.4 is 5.32 Å². The van der Waals surface area contributed by atoms with Gasteiger partial charge in [0, 0.05) is 17.2 Å². The zero-order valence-electron chi connectivity index (χ0n) is 13.4. The van der Waals surface area contributed by atoms with Gasteiger partial charge in [-0.3, -0.25) is 9.59 Å². The van der Waals surface area contributed by atoms with E-state index >= 15 is 0 Å². The van der Waals surface area contributed by atoms with Gasteiger partial charge in [-0.25, -0.2) is 4.79 Å². The number of halogens is 2. The number of hydrogen-bond donors (Lipinski definition) is 1. The second kappa shape index (κ2) is 7.05. The molecule has 0 radical (unpaired) electrons. The molecule has 9 heteroatoms. The van der Waals surface area contributed by atoms with Gasteiger partial charge >= 0.3 is 5.97 Å². The number of amides is 2. The van der Waals surface area contributed by atoms with E-state index in [0.29, 0.717) is 34.3 Å². The van der Waals surface area contributed by atoms with Crippen LogP contribution in [0.2, 0.25) is 10.0 Å². The summed E-state index contributed by atoms with van der Waals surface area (Å²) in [5.74, 6) is -0.676. The number of anilines is 1. The molecule has 2 saturated heterocycles. The number of nitrogens with one attached hydrogen (secondary N) is 1. The molecule has 2 aliphatic heterocycles. The highest BCUT2D eigenvalue weighted by Gasteiger charge is 2.53. The Kier molecular flexibility index (Phi) is 5.18. The lowest BCUT2D eigenvalue weighted by Gasteiger charge is -2.29. The van der Waals surface area contributed by atoms with Crippen molar-refractivity contribution in [3.8, 4) is 0 Å². The molecule has 0 bridgehead atoms. The summed E-state index contributed by atoms with van der Waals surface area (Å²) in [5, 5.41) is 3.29. The fourth-order valence-corrected chi connectivity index (χ4v) is 4.76. The standard InChI is InChI=1S/C16H16Cl2N2O4S/c1-16-5-4-14(22)20(16)12(8-25-16)15(23)24-7-13(21)19-11-6-9(17)2-3-10(11)18/h2-3,6,12H,4-5,7-8H2,1H3,(H,19,21)/t12-,16-/m1/s1. The average molecular weight is 403 g/mol. The molecule has 2 atom stereocenters. The van der Waals surface area contributed by atoms with E-state index in [1.54, 1.807) is 28.8 Å². The quantitative estimate of drug-likeness (QED) is 0.783. The Hall–Kier alpha value is -1.44. The summed E-state index contributed by atoms with van der Waals surface area (Å²) in [6.07, 6.45) is 1.15. The Bertz CT molecular complexity index is 745. The minimum Gasteiger partial charge on any atom is -0.454 e. The van der Waals surface area contributed by atoms with Crippen LogP contribution in [0.15, 0.2) is 18.2 Å². The molecule has 1 aromatic carbocycles. The SMILES string of the molecule is C[C@@]12CCC(=O)N1[C@@H](C(=O)OCC(=O)Nc1cc(Cl)ccc1Cl)CS2. The van der Waals surface area contributed by atoms with Crippen LogP contribution in [0.1, 0.15) is 19.8 Å². The highest BCUT2D eigenvalue weighted by atomic mass is 35.5. The fraction of sp³-hybridized carbons (Fsp3) is 0.438. The van der Waals surface area contributed by atoms with Gasteiger partial charge in [0.25, 0.3) is 5.91 Å². The van der Waals surface area contributed by atoms with Crippen LogP contribution in [-0.4, -0.2) is 46.0 Å². The molecule has 0 spiro atoms. The second-order valence-corrected chi connectivity index (χ2v) is 8.39. The number of rotatable bonds is 4. The minimum atomic E-state index is -0.646. The van der Waals surface area contributed by atoms with Crippen molar-refractivity contribution in [3.05, 3.63) is 28.2 Å². The van der Waals surface area contributed by atoms with Gasteiger partial charge in [0.2, 0.25) is 5.91 Å².